The molecule has 0 aliphatic rings. The molecule has 0 aromatic heterocycles. The molecule has 1 aromatic carbocycles. The van der Waals surface area contributed by atoms with Crippen molar-refractivity contribution in [3.05, 3.63) is 29.0 Å². The van der Waals surface area contributed by atoms with Crippen LogP contribution >= 0.6 is 11.6 Å². The summed E-state index contributed by atoms with van der Waals surface area (Å²) in [7, 11) is 0. The first-order chi connectivity index (χ1) is 6.97. The molecular formula is C8H9ClFN5. The second-order valence-electron chi connectivity index (χ2n) is 2.63. The van der Waals surface area contributed by atoms with Crippen molar-refractivity contribution >= 4 is 29.2 Å². The first kappa shape index (κ1) is 11.3. The van der Waals surface area contributed by atoms with Gasteiger partial charge in [-0.05, 0) is 18.2 Å². The van der Waals surface area contributed by atoms with Crippen molar-refractivity contribution in [3.63, 3.8) is 0 Å². The van der Waals surface area contributed by atoms with Crippen LogP contribution in [0.15, 0.2) is 28.2 Å². The monoisotopic (exact) mass is 229 g/mol. The highest BCUT2D eigenvalue weighted by Gasteiger charge is 1.98. The number of guanidine groups is 2. The van der Waals surface area contributed by atoms with Gasteiger partial charge in [0.15, 0.2) is 5.96 Å². The van der Waals surface area contributed by atoms with Gasteiger partial charge in [0, 0.05) is 5.02 Å². The molecule has 0 saturated heterocycles. The van der Waals surface area contributed by atoms with E-state index in [1.54, 1.807) is 0 Å². The summed E-state index contributed by atoms with van der Waals surface area (Å²) in [5.74, 6) is -0.908. The number of nitrogens with two attached hydrogens (primary N) is 3. The summed E-state index contributed by atoms with van der Waals surface area (Å²) in [5, 5.41) is 0.214. The summed E-state index contributed by atoms with van der Waals surface area (Å²) in [6, 6.07) is 3.73. The number of halogens is 2. The lowest BCUT2D eigenvalue weighted by Crippen LogP contribution is -2.26. The minimum Gasteiger partial charge on any atom is -0.370 e. The highest BCUT2D eigenvalue weighted by molar-refractivity contribution is 6.30. The van der Waals surface area contributed by atoms with Gasteiger partial charge in [-0.2, -0.15) is 4.99 Å². The number of aliphatic imine (C=N–C) groups is 2. The van der Waals surface area contributed by atoms with E-state index in [1.165, 1.54) is 6.07 Å². The zero-order valence-corrected chi connectivity index (χ0v) is 8.37. The van der Waals surface area contributed by atoms with E-state index in [0.717, 1.165) is 12.1 Å². The predicted molar refractivity (Wildman–Crippen MR) is 58.5 cm³/mol. The fourth-order valence-electron chi connectivity index (χ4n) is 0.893. The Morgan fingerprint density at radius 2 is 1.87 bits per heavy atom. The van der Waals surface area contributed by atoms with E-state index in [4.69, 9.17) is 28.8 Å². The molecule has 0 heterocycles. The lowest BCUT2D eigenvalue weighted by atomic mass is 10.3. The van der Waals surface area contributed by atoms with Crippen molar-refractivity contribution in [1.29, 1.82) is 0 Å². The summed E-state index contributed by atoms with van der Waals surface area (Å²) in [4.78, 5) is 7.21. The molecule has 0 aliphatic heterocycles. The van der Waals surface area contributed by atoms with Crippen LogP contribution in [0.3, 0.4) is 0 Å². The molecule has 0 bridgehead atoms. The molecule has 6 N–H and O–H groups in total. The van der Waals surface area contributed by atoms with Gasteiger partial charge in [-0.3, -0.25) is 0 Å². The number of nitrogens with zero attached hydrogens (tertiary/aromatic N) is 2. The Hall–Kier alpha value is -1.82. The molecule has 0 unspecified atom stereocenters. The van der Waals surface area contributed by atoms with E-state index in [0.29, 0.717) is 0 Å². The van der Waals surface area contributed by atoms with E-state index >= 15 is 0 Å². The lowest BCUT2D eigenvalue weighted by molar-refractivity contribution is 0.628. The highest BCUT2D eigenvalue weighted by Crippen LogP contribution is 2.20. The Balaban J connectivity index is 3.03. The van der Waals surface area contributed by atoms with Gasteiger partial charge in [0.1, 0.15) is 5.82 Å². The summed E-state index contributed by atoms with van der Waals surface area (Å²) in [6.45, 7) is 0. The van der Waals surface area contributed by atoms with Gasteiger partial charge >= 0.3 is 0 Å². The van der Waals surface area contributed by atoms with Crippen molar-refractivity contribution in [2.24, 2.45) is 27.2 Å². The molecule has 5 nitrogen and oxygen atoms in total. The summed E-state index contributed by atoms with van der Waals surface area (Å²) >= 11 is 5.60. The van der Waals surface area contributed by atoms with Gasteiger partial charge in [-0.15, -0.1) is 0 Å². The molecule has 0 atom stereocenters. The minimum absolute atomic E-state index is 0.170. The molecule has 1 aromatic rings. The van der Waals surface area contributed by atoms with E-state index in [2.05, 4.69) is 9.98 Å². The lowest BCUT2D eigenvalue weighted by Gasteiger charge is -1.97. The molecular weight excluding hydrogens is 221 g/mol. The van der Waals surface area contributed by atoms with Crippen molar-refractivity contribution in [2.45, 2.75) is 0 Å². The van der Waals surface area contributed by atoms with Crippen molar-refractivity contribution in [3.8, 4) is 0 Å². The predicted octanol–water partition coefficient (Wildman–Crippen LogP) is 0.699. The van der Waals surface area contributed by atoms with Gasteiger partial charge < -0.3 is 17.2 Å². The number of benzene rings is 1. The summed E-state index contributed by atoms with van der Waals surface area (Å²) in [6.07, 6.45) is 0. The van der Waals surface area contributed by atoms with Crippen molar-refractivity contribution in [2.75, 3.05) is 0 Å². The van der Waals surface area contributed by atoms with Crippen molar-refractivity contribution in [1.82, 2.24) is 0 Å². The third-order valence-corrected chi connectivity index (χ3v) is 1.55. The van der Waals surface area contributed by atoms with Gasteiger partial charge in [0.25, 0.3) is 0 Å². The van der Waals surface area contributed by atoms with Gasteiger partial charge in [0.2, 0.25) is 5.96 Å². The quantitative estimate of drug-likeness (QED) is 0.488. The van der Waals surface area contributed by atoms with Crippen LogP contribution < -0.4 is 17.2 Å². The Labute approximate surface area is 90.4 Å². The van der Waals surface area contributed by atoms with Gasteiger partial charge in [-0.25, -0.2) is 9.38 Å². The average Bonchev–Trinajstić information content (AvgIpc) is 1.98. The minimum atomic E-state index is -0.515. The van der Waals surface area contributed by atoms with E-state index < -0.39 is 5.82 Å². The summed E-state index contributed by atoms with van der Waals surface area (Å²) < 4.78 is 12.9. The van der Waals surface area contributed by atoms with Crippen LogP contribution in [0.5, 0.6) is 0 Å². The van der Waals surface area contributed by atoms with E-state index in [-0.39, 0.29) is 22.6 Å². The SMILES string of the molecule is NC(N)=NC(N)=Nc1cc(F)cc(Cl)c1. The zero-order valence-electron chi connectivity index (χ0n) is 7.61. The molecule has 0 aliphatic carbocycles. The highest BCUT2D eigenvalue weighted by atomic mass is 35.5. The molecule has 15 heavy (non-hydrogen) atoms. The Bertz CT molecular complexity index is 405. The fraction of sp³-hybridized carbons (Fsp3) is 0. The number of rotatable bonds is 1. The molecule has 0 spiro atoms. The second kappa shape index (κ2) is 4.61. The largest absolute Gasteiger partial charge is 0.370 e. The van der Waals surface area contributed by atoms with Gasteiger partial charge in [-0.1, -0.05) is 11.6 Å². The van der Waals surface area contributed by atoms with E-state index in [9.17, 15) is 4.39 Å². The topological polar surface area (TPSA) is 103 Å². The van der Waals surface area contributed by atoms with Crippen LogP contribution in [0.2, 0.25) is 5.02 Å². The third kappa shape index (κ3) is 3.82. The third-order valence-electron chi connectivity index (χ3n) is 1.33. The normalized spacial score (nSPS) is 11.2. The fourth-order valence-corrected chi connectivity index (χ4v) is 1.11. The molecule has 0 fully saturated rings. The van der Waals surface area contributed by atoms with Crippen LogP contribution in [-0.2, 0) is 0 Å². The van der Waals surface area contributed by atoms with Crippen LogP contribution in [0, 0.1) is 5.82 Å². The standard InChI is InChI=1S/C8H9ClFN5/c9-4-1-5(10)3-6(2-4)14-8(13)15-7(11)12/h1-3H,(H6,11,12,13,14,15). The zero-order chi connectivity index (χ0) is 11.4. The first-order valence-electron chi connectivity index (χ1n) is 3.87. The van der Waals surface area contributed by atoms with Crippen LogP contribution in [0.4, 0.5) is 10.1 Å². The molecule has 0 amide bonds. The van der Waals surface area contributed by atoms with E-state index in [1.807, 2.05) is 0 Å². The molecule has 7 heteroatoms. The number of hydrogen-bond acceptors (Lipinski definition) is 1. The van der Waals surface area contributed by atoms with Gasteiger partial charge in [0.05, 0.1) is 5.69 Å². The second-order valence-corrected chi connectivity index (χ2v) is 3.07. The smallest absolute Gasteiger partial charge is 0.223 e. The summed E-state index contributed by atoms with van der Waals surface area (Å²) in [5.41, 5.74) is 15.7. The van der Waals surface area contributed by atoms with Crippen LogP contribution in [-0.4, -0.2) is 11.9 Å². The van der Waals surface area contributed by atoms with Crippen LogP contribution in [0.1, 0.15) is 0 Å². The molecule has 0 radical (unpaired) electrons. The average molecular weight is 230 g/mol. The Kier molecular flexibility index (Phi) is 3.46. The maximum atomic E-state index is 12.9. The maximum Gasteiger partial charge on any atom is 0.223 e. The molecule has 80 valence electrons. The maximum absolute atomic E-state index is 12.9. The first-order valence-corrected chi connectivity index (χ1v) is 4.25. The Morgan fingerprint density at radius 3 is 2.40 bits per heavy atom. The van der Waals surface area contributed by atoms with Crippen LogP contribution in [0.25, 0.3) is 0 Å². The number of hydrogen-bond donors (Lipinski definition) is 3. The molecule has 1 rings (SSSR count). The molecule has 0 saturated carbocycles. The van der Waals surface area contributed by atoms with Crippen molar-refractivity contribution < 1.29 is 4.39 Å². The Morgan fingerprint density at radius 1 is 1.20 bits per heavy atom.